The van der Waals surface area contributed by atoms with Crippen molar-refractivity contribution in [1.29, 1.82) is 0 Å². The van der Waals surface area contributed by atoms with Gasteiger partial charge < -0.3 is 5.32 Å². The summed E-state index contributed by atoms with van der Waals surface area (Å²) in [6.45, 7) is 1.91. The van der Waals surface area contributed by atoms with Crippen LogP contribution in [0, 0.1) is 6.92 Å². The Labute approximate surface area is 151 Å². The van der Waals surface area contributed by atoms with E-state index >= 15 is 0 Å². The van der Waals surface area contributed by atoms with Crippen molar-refractivity contribution in [3.8, 4) is 5.82 Å². The van der Waals surface area contributed by atoms with E-state index in [1.165, 1.54) is 6.07 Å². The van der Waals surface area contributed by atoms with E-state index < -0.39 is 0 Å². The number of rotatable bonds is 2. The fraction of sp³-hybridized carbons (Fsp3) is 0.176. The van der Waals surface area contributed by atoms with E-state index in [0.717, 1.165) is 21.3 Å². The highest BCUT2D eigenvalue weighted by Crippen LogP contribution is 2.40. The first kappa shape index (κ1) is 15.8. The Morgan fingerprint density at radius 1 is 1.24 bits per heavy atom. The van der Waals surface area contributed by atoms with Crippen LogP contribution in [0.4, 0.5) is 5.82 Å². The summed E-state index contributed by atoms with van der Waals surface area (Å²) in [6.07, 6.45) is 0.356. The van der Waals surface area contributed by atoms with Gasteiger partial charge in [0.1, 0.15) is 5.82 Å². The maximum atomic E-state index is 12.3. The van der Waals surface area contributed by atoms with Gasteiger partial charge in [-0.1, -0.05) is 28.1 Å². The van der Waals surface area contributed by atoms with E-state index in [2.05, 4.69) is 36.5 Å². The number of benzene rings is 1. The molecule has 7 nitrogen and oxygen atoms in total. The summed E-state index contributed by atoms with van der Waals surface area (Å²) in [4.78, 5) is 23.5. The minimum absolute atomic E-state index is 0.0805. The number of carbonyl (C=O) groups is 1. The molecule has 1 atom stereocenters. The van der Waals surface area contributed by atoms with Gasteiger partial charge in [0.15, 0.2) is 5.82 Å². The number of aromatic nitrogens is 4. The number of nitrogens with zero attached hydrogens (tertiary/aromatic N) is 3. The summed E-state index contributed by atoms with van der Waals surface area (Å²) in [7, 11) is 0. The normalized spacial score (nSPS) is 16.4. The summed E-state index contributed by atoms with van der Waals surface area (Å²) in [5.74, 6) is 0.873. The van der Waals surface area contributed by atoms with Crippen LogP contribution in [0.3, 0.4) is 0 Å². The van der Waals surface area contributed by atoms with Gasteiger partial charge in [-0.3, -0.25) is 9.59 Å². The van der Waals surface area contributed by atoms with Crippen LogP contribution in [-0.2, 0) is 4.79 Å². The molecule has 3 heterocycles. The largest absolute Gasteiger partial charge is 0.310 e. The van der Waals surface area contributed by atoms with Gasteiger partial charge >= 0.3 is 0 Å². The molecule has 126 valence electrons. The highest BCUT2D eigenvalue weighted by atomic mass is 79.9. The molecule has 2 N–H and O–H groups in total. The van der Waals surface area contributed by atoms with Crippen LogP contribution in [0.2, 0.25) is 0 Å². The van der Waals surface area contributed by atoms with E-state index in [0.29, 0.717) is 18.1 Å². The molecular formula is C17H14BrN5O2. The molecule has 0 saturated carbocycles. The van der Waals surface area contributed by atoms with E-state index in [1.807, 2.05) is 31.2 Å². The third-order valence-electron chi connectivity index (χ3n) is 4.23. The van der Waals surface area contributed by atoms with Gasteiger partial charge in [-0.15, -0.1) is 0 Å². The smallest absolute Gasteiger partial charge is 0.264 e. The lowest BCUT2D eigenvalue weighted by atomic mass is 9.86. The Kier molecular flexibility index (Phi) is 3.76. The van der Waals surface area contributed by atoms with Crippen LogP contribution >= 0.6 is 15.9 Å². The van der Waals surface area contributed by atoms with Crippen LogP contribution in [0.1, 0.15) is 29.2 Å². The predicted octanol–water partition coefficient (Wildman–Crippen LogP) is 2.50. The lowest BCUT2D eigenvalue weighted by Gasteiger charge is -2.24. The number of nitrogens with one attached hydrogen (secondary N) is 2. The van der Waals surface area contributed by atoms with Gasteiger partial charge in [0.2, 0.25) is 5.91 Å². The van der Waals surface area contributed by atoms with E-state index in [1.54, 1.807) is 10.7 Å². The zero-order valence-electron chi connectivity index (χ0n) is 13.3. The number of halogens is 1. The molecule has 8 heteroatoms. The molecule has 25 heavy (non-hydrogen) atoms. The molecule has 4 rings (SSSR count). The maximum Gasteiger partial charge on any atom is 0.264 e. The standard InChI is InChI=1S/C17H14BrN5O2/c1-9-16-12(10-3-2-4-11(18)7-10)8-15(25)19-17(16)23(22-9)13-5-6-14(24)21-20-13/h2-7,12H,8H2,1H3,(H,19,25)(H,21,24). The van der Waals surface area contributed by atoms with Gasteiger partial charge in [-0.2, -0.15) is 14.9 Å². The molecule has 0 aliphatic carbocycles. The van der Waals surface area contributed by atoms with Gasteiger partial charge in [0.25, 0.3) is 5.56 Å². The summed E-state index contributed by atoms with van der Waals surface area (Å²) in [5.41, 5.74) is 2.53. The minimum Gasteiger partial charge on any atom is -0.310 e. The van der Waals surface area contributed by atoms with Crippen LogP contribution in [-0.4, -0.2) is 25.9 Å². The number of anilines is 1. The number of hydrogen-bond acceptors (Lipinski definition) is 4. The van der Waals surface area contributed by atoms with Crippen molar-refractivity contribution in [3.05, 3.63) is 68.0 Å². The molecule has 1 aliphatic rings. The lowest BCUT2D eigenvalue weighted by molar-refractivity contribution is -0.116. The fourth-order valence-electron chi connectivity index (χ4n) is 3.18. The molecule has 3 aromatic rings. The Balaban J connectivity index is 1.89. The van der Waals surface area contributed by atoms with E-state index in [4.69, 9.17) is 0 Å². The number of fused-ring (bicyclic) bond motifs is 1. The van der Waals surface area contributed by atoms with Gasteiger partial charge in [0.05, 0.1) is 5.69 Å². The zero-order chi connectivity index (χ0) is 17.6. The molecule has 1 aromatic carbocycles. The molecule has 1 amide bonds. The second kappa shape index (κ2) is 5.96. The first-order valence-corrected chi connectivity index (χ1v) is 8.53. The van der Waals surface area contributed by atoms with Crippen molar-refractivity contribution in [2.45, 2.75) is 19.3 Å². The summed E-state index contributed by atoms with van der Waals surface area (Å²) < 4.78 is 2.52. The fourth-order valence-corrected chi connectivity index (χ4v) is 3.59. The predicted molar refractivity (Wildman–Crippen MR) is 95.9 cm³/mol. The van der Waals surface area contributed by atoms with Crippen molar-refractivity contribution >= 4 is 27.7 Å². The van der Waals surface area contributed by atoms with E-state index in [-0.39, 0.29) is 17.4 Å². The first-order chi connectivity index (χ1) is 12.0. The third-order valence-corrected chi connectivity index (χ3v) is 4.73. The highest BCUT2D eigenvalue weighted by molar-refractivity contribution is 9.10. The number of H-pyrrole nitrogens is 1. The maximum absolute atomic E-state index is 12.3. The lowest BCUT2D eigenvalue weighted by Crippen LogP contribution is -2.25. The topological polar surface area (TPSA) is 92.7 Å². The number of aromatic amines is 1. The van der Waals surface area contributed by atoms with Crippen molar-refractivity contribution in [2.75, 3.05) is 5.32 Å². The number of hydrogen-bond donors (Lipinski definition) is 2. The second-order valence-corrected chi connectivity index (χ2v) is 6.81. The average Bonchev–Trinajstić information content (AvgIpc) is 2.91. The van der Waals surface area contributed by atoms with Crippen LogP contribution in [0.15, 0.2) is 45.7 Å². The van der Waals surface area contributed by atoms with Crippen molar-refractivity contribution in [1.82, 2.24) is 20.0 Å². The highest BCUT2D eigenvalue weighted by Gasteiger charge is 2.32. The summed E-state index contributed by atoms with van der Waals surface area (Å²) in [5, 5.41) is 13.8. The molecule has 1 unspecified atom stereocenters. The molecule has 0 saturated heterocycles. The van der Waals surface area contributed by atoms with Crippen LogP contribution in [0.25, 0.3) is 5.82 Å². The quantitative estimate of drug-likeness (QED) is 0.692. The van der Waals surface area contributed by atoms with Gasteiger partial charge in [-0.05, 0) is 30.7 Å². The summed E-state index contributed by atoms with van der Waals surface area (Å²) in [6, 6.07) is 10.9. The molecule has 0 bridgehead atoms. The van der Waals surface area contributed by atoms with Crippen LogP contribution in [0.5, 0.6) is 0 Å². The SMILES string of the molecule is Cc1nn(-c2ccc(=O)[nH]n2)c2c1C(c1cccc(Br)c1)CC(=O)N2. The molecule has 0 radical (unpaired) electrons. The Hall–Kier alpha value is -2.74. The molecule has 2 aromatic heterocycles. The molecular weight excluding hydrogens is 386 g/mol. The number of carbonyl (C=O) groups excluding carboxylic acids is 1. The zero-order valence-corrected chi connectivity index (χ0v) is 14.9. The summed E-state index contributed by atoms with van der Waals surface area (Å²) >= 11 is 3.49. The Morgan fingerprint density at radius 3 is 2.80 bits per heavy atom. The van der Waals surface area contributed by atoms with Gasteiger partial charge in [0, 0.05) is 28.4 Å². The van der Waals surface area contributed by atoms with Crippen molar-refractivity contribution in [2.24, 2.45) is 0 Å². The van der Waals surface area contributed by atoms with Crippen molar-refractivity contribution in [3.63, 3.8) is 0 Å². The molecule has 0 spiro atoms. The van der Waals surface area contributed by atoms with Gasteiger partial charge in [-0.25, -0.2) is 5.10 Å². The Morgan fingerprint density at radius 2 is 2.08 bits per heavy atom. The monoisotopic (exact) mass is 399 g/mol. The molecule has 1 aliphatic heterocycles. The van der Waals surface area contributed by atoms with Crippen LogP contribution < -0.4 is 10.9 Å². The second-order valence-electron chi connectivity index (χ2n) is 5.90. The number of amides is 1. The first-order valence-electron chi connectivity index (χ1n) is 7.74. The molecule has 0 fully saturated rings. The average molecular weight is 400 g/mol. The Bertz CT molecular complexity index is 1020. The van der Waals surface area contributed by atoms with Crippen molar-refractivity contribution < 1.29 is 4.79 Å². The number of aryl methyl sites for hydroxylation is 1. The third kappa shape index (κ3) is 2.78. The van der Waals surface area contributed by atoms with E-state index in [9.17, 15) is 9.59 Å². The minimum atomic E-state index is -0.294.